The molecule has 0 heterocycles. The van der Waals surface area contributed by atoms with E-state index in [1.807, 2.05) is 55.6 Å². The molecule has 7 nitrogen and oxygen atoms in total. The van der Waals surface area contributed by atoms with E-state index in [9.17, 15) is 9.59 Å². The van der Waals surface area contributed by atoms with E-state index in [-0.39, 0.29) is 5.91 Å². The molecule has 1 unspecified atom stereocenters. The van der Waals surface area contributed by atoms with Crippen LogP contribution in [-0.4, -0.2) is 39.2 Å². The molecule has 2 aromatic carbocycles. The van der Waals surface area contributed by atoms with Crippen molar-refractivity contribution in [1.82, 2.24) is 10.6 Å². The average Bonchev–Trinajstić information content (AvgIpc) is 2.72. The Labute approximate surface area is 165 Å². The Bertz CT molecular complexity index is 795. The van der Waals surface area contributed by atoms with Gasteiger partial charge in [0, 0.05) is 12.6 Å². The van der Waals surface area contributed by atoms with Crippen molar-refractivity contribution in [3.8, 4) is 11.5 Å². The zero-order valence-corrected chi connectivity index (χ0v) is 16.7. The molecule has 0 radical (unpaired) electrons. The summed E-state index contributed by atoms with van der Waals surface area (Å²) in [5.41, 5.74) is 2.08. The molecule has 0 spiro atoms. The summed E-state index contributed by atoms with van der Waals surface area (Å²) < 4.78 is 11.3. The number of hydrogen-bond donors (Lipinski definition) is 3. The number of benzene rings is 2. The molecule has 0 aliphatic rings. The van der Waals surface area contributed by atoms with Crippen molar-refractivity contribution in [3.05, 3.63) is 59.7 Å². The summed E-state index contributed by atoms with van der Waals surface area (Å²) in [6, 6.07) is 14.8. The molecule has 150 valence electrons. The summed E-state index contributed by atoms with van der Waals surface area (Å²) in [6.45, 7) is 2.83. The molecule has 0 saturated carbocycles. The minimum Gasteiger partial charge on any atom is -0.493 e. The number of nitrogens with one attached hydrogen (secondary N) is 3. The highest BCUT2D eigenvalue weighted by atomic mass is 16.5. The Morgan fingerprint density at radius 2 is 1.79 bits per heavy atom. The summed E-state index contributed by atoms with van der Waals surface area (Å²) in [5.74, 6) is 0.980. The number of methoxy groups -OCH3 is 1. The lowest BCUT2D eigenvalue weighted by atomic mass is 10.1. The Balaban J connectivity index is 2.00. The number of likely N-dealkylation sites (N-methyl/N-ethyl adjacent to an activating group) is 1. The Morgan fingerprint density at radius 3 is 2.43 bits per heavy atom. The molecule has 0 bridgehead atoms. The van der Waals surface area contributed by atoms with Gasteiger partial charge in [-0.3, -0.25) is 10.1 Å². The first-order valence-corrected chi connectivity index (χ1v) is 9.13. The van der Waals surface area contributed by atoms with Gasteiger partial charge in [0.05, 0.1) is 14.2 Å². The van der Waals surface area contributed by atoms with Crippen LogP contribution in [0.4, 0.5) is 4.79 Å². The van der Waals surface area contributed by atoms with Gasteiger partial charge in [0.15, 0.2) is 17.5 Å². The van der Waals surface area contributed by atoms with E-state index < -0.39 is 12.1 Å². The fourth-order valence-corrected chi connectivity index (χ4v) is 2.66. The van der Waals surface area contributed by atoms with Crippen LogP contribution >= 0.6 is 0 Å². The molecule has 2 atom stereocenters. The van der Waals surface area contributed by atoms with Crippen molar-refractivity contribution in [2.24, 2.45) is 0 Å². The molecule has 28 heavy (non-hydrogen) atoms. The van der Waals surface area contributed by atoms with Crippen molar-refractivity contribution in [3.63, 3.8) is 0 Å². The SMILES string of the molecule is CNC(=O)NC(=O)[C@H](C)[NH+](C)Cc1ccc(OCc2ccccc2)c(OC)c1. The monoisotopic (exact) mass is 386 g/mol. The van der Waals surface area contributed by atoms with Gasteiger partial charge in [0.1, 0.15) is 13.2 Å². The van der Waals surface area contributed by atoms with Gasteiger partial charge in [-0.05, 0) is 30.7 Å². The van der Waals surface area contributed by atoms with Gasteiger partial charge in [-0.1, -0.05) is 30.3 Å². The summed E-state index contributed by atoms with van der Waals surface area (Å²) >= 11 is 0. The number of hydrogen-bond acceptors (Lipinski definition) is 4. The molecule has 3 N–H and O–H groups in total. The first-order chi connectivity index (χ1) is 13.4. The summed E-state index contributed by atoms with van der Waals surface area (Å²) in [5, 5.41) is 4.68. The second-order valence-corrected chi connectivity index (χ2v) is 6.57. The number of amides is 3. The van der Waals surface area contributed by atoms with Gasteiger partial charge in [0.2, 0.25) is 0 Å². The fraction of sp³-hybridized carbons (Fsp3) is 0.333. The molecule has 2 aromatic rings. The second-order valence-electron chi connectivity index (χ2n) is 6.57. The molecule has 2 rings (SSSR count). The lowest BCUT2D eigenvalue weighted by molar-refractivity contribution is -0.908. The topological polar surface area (TPSA) is 81.1 Å². The van der Waals surface area contributed by atoms with Crippen molar-refractivity contribution in [2.45, 2.75) is 26.1 Å². The lowest BCUT2D eigenvalue weighted by Gasteiger charge is -2.21. The van der Waals surface area contributed by atoms with Gasteiger partial charge in [-0.2, -0.15) is 0 Å². The van der Waals surface area contributed by atoms with Gasteiger partial charge >= 0.3 is 6.03 Å². The standard InChI is InChI=1S/C21H27N3O4/c1-15(20(25)23-21(26)22-2)24(3)13-17-10-11-18(19(12-17)27-4)28-14-16-8-6-5-7-9-16/h5-12,15H,13-14H2,1-4H3,(H2,22,23,25,26)/p+1/t15-/m0/s1. The first-order valence-electron chi connectivity index (χ1n) is 9.13. The molecule has 0 aliphatic heterocycles. The van der Waals surface area contributed by atoms with Crippen molar-refractivity contribution in [1.29, 1.82) is 0 Å². The van der Waals surface area contributed by atoms with Gasteiger partial charge in [-0.15, -0.1) is 0 Å². The third kappa shape index (κ3) is 5.99. The highest BCUT2D eigenvalue weighted by Crippen LogP contribution is 2.28. The molecular formula is C21H28N3O4+. The van der Waals surface area contributed by atoms with E-state index in [4.69, 9.17) is 9.47 Å². The predicted molar refractivity (Wildman–Crippen MR) is 106 cm³/mol. The van der Waals surface area contributed by atoms with E-state index in [0.29, 0.717) is 24.7 Å². The molecule has 0 aliphatic carbocycles. The second kappa shape index (κ2) is 10.3. The van der Waals surface area contributed by atoms with E-state index in [1.165, 1.54) is 7.05 Å². The number of quaternary nitrogens is 1. The average molecular weight is 386 g/mol. The van der Waals surface area contributed by atoms with Crippen molar-refractivity contribution < 1.29 is 24.0 Å². The smallest absolute Gasteiger partial charge is 0.321 e. The van der Waals surface area contributed by atoms with E-state index in [2.05, 4.69) is 10.6 Å². The number of carbonyl (C=O) groups is 2. The van der Waals surface area contributed by atoms with Crippen LogP contribution in [0.2, 0.25) is 0 Å². The Kier molecular flexibility index (Phi) is 7.83. The molecule has 7 heteroatoms. The predicted octanol–water partition coefficient (Wildman–Crippen LogP) is 1.13. The number of carbonyl (C=O) groups excluding carboxylic acids is 2. The van der Waals surface area contributed by atoms with Crippen molar-refractivity contribution >= 4 is 11.9 Å². The van der Waals surface area contributed by atoms with Crippen LogP contribution in [0.3, 0.4) is 0 Å². The maximum Gasteiger partial charge on any atom is 0.321 e. The third-order valence-corrected chi connectivity index (χ3v) is 4.54. The number of ether oxygens (including phenoxy) is 2. The summed E-state index contributed by atoms with van der Waals surface area (Å²) in [6.07, 6.45) is 0. The lowest BCUT2D eigenvalue weighted by Crippen LogP contribution is -3.12. The molecule has 0 fully saturated rings. The molecule has 3 amide bonds. The van der Waals surface area contributed by atoms with Crippen LogP contribution in [0.15, 0.2) is 48.5 Å². The summed E-state index contributed by atoms with van der Waals surface area (Å²) in [4.78, 5) is 24.4. The first kappa shape index (κ1) is 21.2. The maximum atomic E-state index is 12.1. The normalized spacial score (nSPS) is 12.6. The van der Waals surface area contributed by atoms with Gasteiger partial charge < -0.3 is 19.7 Å². The Morgan fingerprint density at radius 1 is 1.07 bits per heavy atom. The van der Waals surface area contributed by atoms with Gasteiger partial charge in [0.25, 0.3) is 5.91 Å². The fourth-order valence-electron chi connectivity index (χ4n) is 2.66. The van der Waals surface area contributed by atoms with Crippen LogP contribution in [-0.2, 0) is 17.9 Å². The minimum atomic E-state index is -0.508. The van der Waals surface area contributed by atoms with Crippen LogP contribution in [0.5, 0.6) is 11.5 Å². The zero-order valence-electron chi connectivity index (χ0n) is 16.7. The van der Waals surface area contributed by atoms with E-state index in [0.717, 1.165) is 16.0 Å². The van der Waals surface area contributed by atoms with Crippen LogP contribution in [0, 0.1) is 0 Å². The van der Waals surface area contributed by atoms with Crippen LogP contribution < -0.4 is 25.0 Å². The van der Waals surface area contributed by atoms with Crippen LogP contribution in [0.25, 0.3) is 0 Å². The maximum absolute atomic E-state index is 12.1. The van der Waals surface area contributed by atoms with Gasteiger partial charge in [-0.25, -0.2) is 4.79 Å². The quantitative estimate of drug-likeness (QED) is 0.635. The molecule has 0 aromatic heterocycles. The van der Waals surface area contributed by atoms with E-state index in [1.54, 1.807) is 14.0 Å². The highest BCUT2D eigenvalue weighted by molar-refractivity contribution is 5.96. The Hall–Kier alpha value is -3.06. The third-order valence-electron chi connectivity index (χ3n) is 4.54. The van der Waals surface area contributed by atoms with Crippen LogP contribution in [0.1, 0.15) is 18.1 Å². The molecule has 0 saturated heterocycles. The van der Waals surface area contributed by atoms with E-state index >= 15 is 0 Å². The number of rotatable bonds is 8. The summed E-state index contributed by atoms with van der Waals surface area (Å²) in [7, 11) is 4.97. The number of imide groups is 1. The number of urea groups is 1. The van der Waals surface area contributed by atoms with Crippen molar-refractivity contribution in [2.75, 3.05) is 21.2 Å². The molecular weight excluding hydrogens is 358 g/mol. The largest absolute Gasteiger partial charge is 0.493 e. The minimum absolute atomic E-state index is 0.327. The highest BCUT2D eigenvalue weighted by Gasteiger charge is 2.23. The zero-order chi connectivity index (χ0) is 20.5.